The van der Waals surface area contributed by atoms with E-state index in [0.717, 1.165) is 25.7 Å². The molecule has 2 fully saturated rings. The van der Waals surface area contributed by atoms with Crippen LogP contribution in [0.2, 0.25) is 0 Å². The lowest BCUT2D eigenvalue weighted by Crippen LogP contribution is -2.49. The highest BCUT2D eigenvalue weighted by molar-refractivity contribution is 5.82. The molecule has 0 heterocycles. The second-order valence-corrected chi connectivity index (χ2v) is 5.39. The van der Waals surface area contributed by atoms with Gasteiger partial charge in [0.1, 0.15) is 5.78 Å². The number of hydrogen-bond donors (Lipinski definition) is 1. The van der Waals surface area contributed by atoms with Gasteiger partial charge in [-0.3, -0.25) is 4.79 Å². The molecule has 0 saturated heterocycles. The van der Waals surface area contributed by atoms with E-state index in [2.05, 4.69) is 6.92 Å². The molecule has 4 atom stereocenters. The molecule has 14 heavy (non-hydrogen) atoms. The van der Waals surface area contributed by atoms with Gasteiger partial charge >= 0.3 is 0 Å². The van der Waals surface area contributed by atoms with Crippen LogP contribution in [0.15, 0.2) is 0 Å². The third kappa shape index (κ3) is 1.40. The summed E-state index contributed by atoms with van der Waals surface area (Å²) in [6.07, 6.45) is 4.66. The summed E-state index contributed by atoms with van der Waals surface area (Å²) in [7, 11) is 0. The van der Waals surface area contributed by atoms with Crippen molar-refractivity contribution in [3.8, 4) is 0 Å². The van der Waals surface area contributed by atoms with Crippen LogP contribution in [-0.4, -0.2) is 17.0 Å². The molecule has 2 heteroatoms. The van der Waals surface area contributed by atoms with E-state index < -0.39 is 0 Å². The number of fused-ring (bicyclic) bond motifs is 1. The summed E-state index contributed by atoms with van der Waals surface area (Å²) in [5.41, 5.74) is 0.227. The molecule has 0 aromatic heterocycles. The van der Waals surface area contributed by atoms with Crippen LogP contribution in [0, 0.1) is 17.3 Å². The number of hydrogen-bond acceptors (Lipinski definition) is 2. The molecule has 2 saturated carbocycles. The van der Waals surface area contributed by atoms with Crippen LogP contribution >= 0.6 is 0 Å². The van der Waals surface area contributed by atoms with Crippen LogP contribution in [0.3, 0.4) is 0 Å². The van der Waals surface area contributed by atoms with E-state index in [-0.39, 0.29) is 23.4 Å². The Morgan fingerprint density at radius 1 is 1.43 bits per heavy atom. The summed E-state index contributed by atoms with van der Waals surface area (Å²) in [5, 5.41) is 10.0. The molecule has 0 bridgehead atoms. The van der Waals surface area contributed by atoms with Gasteiger partial charge in [-0.05, 0) is 30.6 Å². The number of Topliss-reactive ketones (excluding diaryl/α,β-unsaturated/α-hetero) is 1. The van der Waals surface area contributed by atoms with Gasteiger partial charge in [-0.25, -0.2) is 0 Å². The molecule has 2 aliphatic carbocycles. The quantitative estimate of drug-likeness (QED) is 0.644. The molecule has 0 aliphatic heterocycles. The van der Waals surface area contributed by atoms with Crippen molar-refractivity contribution in [2.45, 2.75) is 52.1 Å². The highest BCUT2D eigenvalue weighted by Gasteiger charge is 2.48. The second kappa shape index (κ2) is 3.34. The van der Waals surface area contributed by atoms with Gasteiger partial charge in [0.2, 0.25) is 0 Å². The predicted molar refractivity (Wildman–Crippen MR) is 54.9 cm³/mol. The second-order valence-electron chi connectivity index (χ2n) is 5.39. The highest BCUT2D eigenvalue weighted by Crippen LogP contribution is 2.51. The highest BCUT2D eigenvalue weighted by atomic mass is 16.3. The average molecular weight is 196 g/mol. The zero-order valence-corrected chi connectivity index (χ0v) is 9.12. The van der Waals surface area contributed by atoms with Crippen molar-refractivity contribution in [1.82, 2.24) is 0 Å². The van der Waals surface area contributed by atoms with Crippen LogP contribution in [0.25, 0.3) is 0 Å². The van der Waals surface area contributed by atoms with Crippen molar-refractivity contribution >= 4 is 5.78 Å². The average Bonchev–Trinajstić information content (AvgIpc) is 2.12. The molecule has 0 aromatic carbocycles. The van der Waals surface area contributed by atoms with Gasteiger partial charge < -0.3 is 5.11 Å². The molecular weight excluding hydrogens is 176 g/mol. The van der Waals surface area contributed by atoms with Crippen molar-refractivity contribution in [2.24, 2.45) is 17.3 Å². The molecule has 0 unspecified atom stereocenters. The van der Waals surface area contributed by atoms with Gasteiger partial charge in [0, 0.05) is 12.3 Å². The van der Waals surface area contributed by atoms with Gasteiger partial charge in [-0.2, -0.15) is 0 Å². The molecule has 1 N–H and O–H groups in total. The molecule has 80 valence electrons. The van der Waals surface area contributed by atoms with Crippen molar-refractivity contribution in [2.75, 3.05) is 0 Å². The standard InChI is InChI=1S/C12H20O2/c1-8-9(13)5-7-12(2)6-3-4-10(14)11(8)12/h8,10-11,14H,3-7H2,1-2H3/t8-,10-,11+,12-/m1/s1. The minimum Gasteiger partial charge on any atom is -0.393 e. The topological polar surface area (TPSA) is 37.3 Å². The Balaban J connectivity index is 2.26. The van der Waals surface area contributed by atoms with Crippen LogP contribution in [-0.2, 0) is 4.79 Å². The van der Waals surface area contributed by atoms with Gasteiger partial charge in [0.05, 0.1) is 6.10 Å². The lowest BCUT2D eigenvalue weighted by molar-refractivity contribution is -0.140. The summed E-state index contributed by atoms with van der Waals surface area (Å²) in [6, 6.07) is 0. The Kier molecular flexibility index (Phi) is 2.42. The monoisotopic (exact) mass is 196 g/mol. The fraction of sp³-hybridized carbons (Fsp3) is 0.917. The van der Waals surface area contributed by atoms with E-state index in [9.17, 15) is 9.90 Å². The number of ketones is 1. The maximum atomic E-state index is 11.6. The number of carbonyl (C=O) groups excluding carboxylic acids is 1. The zero-order chi connectivity index (χ0) is 10.3. The number of carbonyl (C=O) groups is 1. The van der Waals surface area contributed by atoms with Crippen molar-refractivity contribution in [1.29, 1.82) is 0 Å². The summed E-state index contributed by atoms with van der Waals surface area (Å²) in [6.45, 7) is 4.25. The third-order valence-corrected chi connectivity index (χ3v) is 4.46. The summed E-state index contributed by atoms with van der Waals surface area (Å²) < 4.78 is 0. The maximum Gasteiger partial charge on any atom is 0.136 e. The van der Waals surface area contributed by atoms with Crippen LogP contribution in [0.5, 0.6) is 0 Å². The number of aliphatic hydroxyl groups is 1. The van der Waals surface area contributed by atoms with E-state index >= 15 is 0 Å². The van der Waals surface area contributed by atoms with Gasteiger partial charge in [-0.15, -0.1) is 0 Å². The van der Waals surface area contributed by atoms with E-state index in [1.54, 1.807) is 0 Å². The summed E-state index contributed by atoms with van der Waals surface area (Å²) >= 11 is 0. The lowest BCUT2D eigenvalue weighted by atomic mass is 9.56. The smallest absolute Gasteiger partial charge is 0.136 e. The summed E-state index contributed by atoms with van der Waals surface area (Å²) in [4.78, 5) is 11.6. The molecule has 0 spiro atoms. The van der Waals surface area contributed by atoms with Crippen LogP contribution in [0.4, 0.5) is 0 Å². The van der Waals surface area contributed by atoms with Crippen molar-refractivity contribution in [3.05, 3.63) is 0 Å². The van der Waals surface area contributed by atoms with Crippen molar-refractivity contribution < 1.29 is 9.90 Å². The molecule has 2 aliphatic rings. The first-order valence-electron chi connectivity index (χ1n) is 5.75. The maximum absolute atomic E-state index is 11.6. The van der Waals surface area contributed by atoms with Gasteiger partial charge in [0.25, 0.3) is 0 Å². The number of aliphatic hydroxyl groups excluding tert-OH is 1. The normalized spacial score (nSPS) is 48.8. The van der Waals surface area contributed by atoms with Crippen LogP contribution < -0.4 is 0 Å². The first-order chi connectivity index (χ1) is 6.54. The Morgan fingerprint density at radius 3 is 2.86 bits per heavy atom. The largest absolute Gasteiger partial charge is 0.393 e. The molecule has 2 nitrogen and oxygen atoms in total. The third-order valence-electron chi connectivity index (χ3n) is 4.46. The van der Waals surface area contributed by atoms with Gasteiger partial charge in [0.15, 0.2) is 0 Å². The molecule has 0 radical (unpaired) electrons. The Morgan fingerprint density at radius 2 is 2.14 bits per heavy atom. The predicted octanol–water partition coefficient (Wildman–Crippen LogP) is 2.15. The zero-order valence-electron chi connectivity index (χ0n) is 9.12. The number of rotatable bonds is 0. The molecular formula is C12H20O2. The van der Waals surface area contributed by atoms with E-state index in [4.69, 9.17) is 0 Å². The fourth-order valence-corrected chi connectivity index (χ4v) is 3.59. The first-order valence-corrected chi connectivity index (χ1v) is 5.75. The molecule has 0 amide bonds. The van der Waals surface area contributed by atoms with Crippen LogP contribution in [0.1, 0.15) is 46.0 Å². The minimum absolute atomic E-state index is 0.0732. The molecule has 2 rings (SSSR count). The first kappa shape index (κ1) is 10.2. The van der Waals surface area contributed by atoms with E-state index in [0.29, 0.717) is 5.78 Å². The van der Waals surface area contributed by atoms with Gasteiger partial charge in [-0.1, -0.05) is 20.3 Å². The Bertz CT molecular complexity index is 249. The summed E-state index contributed by atoms with van der Waals surface area (Å²) in [5.74, 6) is 0.648. The van der Waals surface area contributed by atoms with Crippen molar-refractivity contribution in [3.63, 3.8) is 0 Å². The Labute approximate surface area is 85.7 Å². The fourth-order valence-electron chi connectivity index (χ4n) is 3.59. The minimum atomic E-state index is -0.243. The SMILES string of the molecule is C[C@@H]1C(=O)CC[C@@]2(C)CCC[C@@H](O)[C@H]12. The van der Waals surface area contributed by atoms with E-state index in [1.807, 2.05) is 6.92 Å². The molecule has 0 aromatic rings. The van der Waals surface area contributed by atoms with E-state index in [1.165, 1.54) is 6.42 Å². The Hall–Kier alpha value is -0.370. The lowest BCUT2D eigenvalue weighted by Gasteiger charge is -2.50.